The van der Waals surface area contributed by atoms with Crippen molar-refractivity contribution in [2.45, 2.75) is 20.8 Å². The van der Waals surface area contributed by atoms with Gasteiger partial charge < -0.3 is 10.2 Å². The Morgan fingerprint density at radius 1 is 1.23 bits per heavy atom. The minimum absolute atomic E-state index is 0.0664. The van der Waals surface area contributed by atoms with Gasteiger partial charge in [0.05, 0.1) is 16.0 Å². The molecule has 0 saturated carbocycles. The fraction of sp³-hybridized carbons (Fsp3) is 0.278. The van der Waals surface area contributed by atoms with Gasteiger partial charge in [-0.3, -0.25) is 4.79 Å². The molecule has 0 aliphatic heterocycles. The summed E-state index contributed by atoms with van der Waals surface area (Å²) >= 11 is 1.23. The van der Waals surface area contributed by atoms with Crippen LogP contribution < -0.4 is 10.2 Å². The number of rotatable bonds is 5. The fourth-order valence-electron chi connectivity index (χ4n) is 2.80. The molecule has 0 saturated heterocycles. The van der Waals surface area contributed by atoms with E-state index in [1.807, 2.05) is 20.8 Å². The van der Waals surface area contributed by atoms with Gasteiger partial charge >= 0.3 is 0 Å². The third kappa shape index (κ3) is 3.24. The molecular formula is C18H18F2N4OS. The number of hydrogen-bond acceptors (Lipinski definition) is 5. The first-order valence-corrected chi connectivity index (χ1v) is 9.03. The molecule has 0 aliphatic rings. The highest BCUT2D eigenvalue weighted by atomic mass is 32.1. The molecular weight excluding hydrogens is 358 g/mol. The molecule has 0 unspecified atom stereocenters. The lowest BCUT2D eigenvalue weighted by Crippen LogP contribution is -2.23. The third-order valence-corrected chi connectivity index (χ3v) is 5.35. The second kappa shape index (κ2) is 7.33. The Morgan fingerprint density at radius 3 is 2.62 bits per heavy atom. The number of hydrogen-bond donors (Lipinski definition) is 1. The number of benzene rings is 1. The molecule has 2 aromatic heterocycles. The van der Waals surface area contributed by atoms with E-state index in [0.717, 1.165) is 42.0 Å². The Hall–Kier alpha value is -2.61. The molecule has 0 aliphatic carbocycles. The number of amides is 1. The van der Waals surface area contributed by atoms with E-state index in [2.05, 4.69) is 20.2 Å². The largest absolute Gasteiger partial charge is 0.357 e. The van der Waals surface area contributed by atoms with Crippen molar-refractivity contribution in [1.82, 2.24) is 9.97 Å². The molecule has 5 nitrogen and oxygen atoms in total. The molecule has 0 atom stereocenters. The lowest BCUT2D eigenvalue weighted by Gasteiger charge is -2.20. The van der Waals surface area contributed by atoms with Crippen LogP contribution in [-0.2, 0) is 0 Å². The third-order valence-electron chi connectivity index (χ3n) is 4.16. The Morgan fingerprint density at radius 2 is 1.96 bits per heavy atom. The number of halogens is 2. The van der Waals surface area contributed by atoms with Crippen molar-refractivity contribution in [3.05, 3.63) is 46.6 Å². The van der Waals surface area contributed by atoms with Crippen molar-refractivity contribution in [1.29, 1.82) is 0 Å². The Balaban J connectivity index is 2.01. The molecule has 1 amide bonds. The number of carbonyl (C=O) groups is 1. The van der Waals surface area contributed by atoms with Crippen LogP contribution in [0.25, 0.3) is 10.2 Å². The zero-order valence-electron chi connectivity index (χ0n) is 14.6. The van der Waals surface area contributed by atoms with E-state index < -0.39 is 17.5 Å². The van der Waals surface area contributed by atoms with Crippen LogP contribution in [0, 0.1) is 18.6 Å². The Kier molecular flexibility index (Phi) is 5.13. The van der Waals surface area contributed by atoms with Crippen molar-refractivity contribution in [3.63, 3.8) is 0 Å². The number of anilines is 2. The van der Waals surface area contributed by atoms with Crippen molar-refractivity contribution >= 4 is 39.0 Å². The second-order valence-electron chi connectivity index (χ2n) is 5.68. The lowest BCUT2D eigenvalue weighted by molar-refractivity contribution is 0.102. The average molecular weight is 376 g/mol. The number of aromatic nitrogens is 2. The molecule has 8 heteroatoms. The lowest BCUT2D eigenvalue weighted by atomic mass is 10.2. The van der Waals surface area contributed by atoms with Crippen LogP contribution in [0.4, 0.5) is 20.3 Å². The highest BCUT2D eigenvalue weighted by Gasteiger charge is 2.21. The molecule has 2 heterocycles. The highest BCUT2D eigenvalue weighted by Crippen LogP contribution is 2.35. The molecule has 0 spiro atoms. The average Bonchev–Trinajstić information content (AvgIpc) is 2.96. The van der Waals surface area contributed by atoms with E-state index in [-0.39, 0.29) is 5.69 Å². The summed E-state index contributed by atoms with van der Waals surface area (Å²) in [7, 11) is 0. The summed E-state index contributed by atoms with van der Waals surface area (Å²) in [6.45, 7) is 7.44. The molecule has 3 aromatic rings. The van der Waals surface area contributed by atoms with Gasteiger partial charge in [-0.2, -0.15) is 0 Å². The Labute approximate surface area is 153 Å². The first-order chi connectivity index (χ1) is 12.5. The monoisotopic (exact) mass is 376 g/mol. The minimum Gasteiger partial charge on any atom is -0.357 e. The standard InChI is InChI=1S/C18H18F2N4OS/c1-4-24(5-2)16-14-10(3)15(26-18(14)22-9-21-16)17(25)23-13-7-6-11(19)8-12(13)20/h6-9H,4-5H2,1-3H3,(H,23,25). The normalized spacial score (nSPS) is 11.0. The molecule has 3 rings (SSSR count). The number of fused-ring (bicyclic) bond motifs is 1. The molecule has 0 radical (unpaired) electrons. The van der Waals surface area contributed by atoms with E-state index in [0.29, 0.717) is 9.71 Å². The summed E-state index contributed by atoms with van der Waals surface area (Å²) in [5.74, 6) is -1.19. The first kappa shape index (κ1) is 18.2. The van der Waals surface area contributed by atoms with Gasteiger partial charge in [-0.25, -0.2) is 18.7 Å². The van der Waals surface area contributed by atoms with E-state index in [9.17, 15) is 13.6 Å². The molecule has 0 fully saturated rings. The van der Waals surface area contributed by atoms with E-state index in [4.69, 9.17) is 0 Å². The van der Waals surface area contributed by atoms with Crippen molar-refractivity contribution in [2.24, 2.45) is 0 Å². The maximum atomic E-state index is 13.8. The number of thiophene rings is 1. The molecule has 26 heavy (non-hydrogen) atoms. The van der Waals surface area contributed by atoms with Crippen LogP contribution in [0.2, 0.25) is 0 Å². The molecule has 0 bridgehead atoms. The number of nitrogens with zero attached hydrogens (tertiary/aromatic N) is 3. The molecule has 1 aromatic carbocycles. The summed E-state index contributed by atoms with van der Waals surface area (Å²) in [6.07, 6.45) is 1.48. The van der Waals surface area contributed by atoms with Gasteiger partial charge in [0.1, 0.15) is 28.6 Å². The SMILES string of the molecule is CCN(CC)c1ncnc2sc(C(=O)Nc3ccc(F)cc3F)c(C)c12. The number of carbonyl (C=O) groups excluding carboxylic acids is 1. The van der Waals surface area contributed by atoms with Crippen LogP contribution in [0.5, 0.6) is 0 Å². The van der Waals surface area contributed by atoms with Gasteiger partial charge in [0.25, 0.3) is 5.91 Å². The summed E-state index contributed by atoms with van der Waals surface area (Å²) in [6, 6.07) is 3.03. The zero-order valence-corrected chi connectivity index (χ0v) is 15.5. The molecule has 136 valence electrons. The minimum atomic E-state index is -0.819. The molecule has 1 N–H and O–H groups in total. The van der Waals surface area contributed by atoms with Gasteiger partial charge in [0, 0.05) is 19.2 Å². The van der Waals surface area contributed by atoms with Gasteiger partial charge in [0.15, 0.2) is 0 Å². The summed E-state index contributed by atoms with van der Waals surface area (Å²) in [4.78, 5) is 24.5. The summed E-state index contributed by atoms with van der Waals surface area (Å²) in [5.41, 5.74) is 0.677. The van der Waals surface area contributed by atoms with Gasteiger partial charge in [0.2, 0.25) is 0 Å². The van der Waals surface area contributed by atoms with E-state index in [1.54, 1.807) is 0 Å². The quantitative estimate of drug-likeness (QED) is 0.718. The smallest absolute Gasteiger partial charge is 0.266 e. The van der Waals surface area contributed by atoms with Crippen LogP contribution in [0.3, 0.4) is 0 Å². The van der Waals surface area contributed by atoms with Crippen LogP contribution in [0.1, 0.15) is 29.1 Å². The van der Waals surface area contributed by atoms with Crippen molar-refractivity contribution < 1.29 is 13.6 Å². The predicted molar refractivity (Wildman–Crippen MR) is 100 cm³/mol. The van der Waals surface area contributed by atoms with Crippen LogP contribution in [-0.4, -0.2) is 29.0 Å². The van der Waals surface area contributed by atoms with Crippen LogP contribution in [0.15, 0.2) is 24.5 Å². The predicted octanol–water partition coefficient (Wildman–Crippen LogP) is 4.38. The van der Waals surface area contributed by atoms with Gasteiger partial charge in [-0.05, 0) is 38.5 Å². The summed E-state index contributed by atoms with van der Waals surface area (Å²) < 4.78 is 26.8. The fourth-order valence-corrected chi connectivity index (χ4v) is 3.84. The topological polar surface area (TPSA) is 58.1 Å². The van der Waals surface area contributed by atoms with E-state index in [1.165, 1.54) is 23.7 Å². The van der Waals surface area contributed by atoms with Crippen LogP contribution >= 0.6 is 11.3 Å². The van der Waals surface area contributed by atoms with E-state index >= 15 is 0 Å². The van der Waals surface area contributed by atoms with Crippen molar-refractivity contribution in [2.75, 3.05) is 23.3 Å². The first-order valence-electron chi connectivity index (χ1n) is 8.21. The summed E-state index contributed by atoms with van der Waals surface area (Å²) in [5, 5.41) is 3.33. The maximum Gasteiger partial charge on any atom is 0.266 e. The number of nitrogens with one attached hydrogen (secondary N) is 1. The Bertz CT molecular complexity index is 969. The van der Waals surface area contributed by atoms with Gasteiger partial charge in [-0.15, -0.1) is 11.3 Å². The second-order valence-corrected chi connectivity index (χ2v) is 6.68. The van der Waals surface area contributed by atoms with Crippen molar-refractivity contribution in [3.8, 4) is 0 Å². The van der Waals surface area contributed by atoms with Gasteiger partial charge in [-0.1, -0.05) is 0 Å². The highest BCUT2D eigenvalue weighted by molar-refractivity contribution is 7.20. The zero-order chi connectivity index (χ0) is 18.8. The number of aryl methyl sites for hydroxylation is 1. The maximum absolute atomic E-state index is 13.8.